The maximum absolute atomic E-state index is 12.1. The van der Waals surface area contributed by atoms with Gasteiger partial charge < -0.3 is 5.32 Å². The SMILES string of the molecule is C[C@H](SCC(=O)N[C@H](C)c1ccccc1Cl)c1ccccc1. The first kappa shape index (κ1) is 16.9. The summed E-state index contributed by atoms with van der Waals surface area (Å²) in [7, 11) is 0. The number of nitrogens with one attached hydrogen (secondary N) is 1. The van der Waals surface area contributed by atoms with Crippen molar-refractivity contribution in [2.24, 2.45) is 0 Å². The van der Waals surface area contributed by atoms with Crippen LogP contribution in [0.2, 0.25) is 5.02 Å². The summed E-state index contributed by atoms with van der Waals surface area (Å²) in [6.45, 7) is 4.06. The Hall–Kier alpha value is -1.45. The third kappa shape index (κ3) is 4.79. The second-order valence-electron chi connectivity index (χ2n) is 5.17. The Labute approximate surface area is 141 Å². The smallest absolute Gasteiger partial charge is 0.230 e. The predicted molar refractivity (Wildman–Crippen MR) is 95.3 cm³/mol. The van der Waals surface area contributed by atoms with E-state index in [1.165, 1.54) is 5.56 Å². The quantitative estimate of drug-likeness (QED) is 0.805. The largest absolute Gasteiger partial charge is 0.349 e. The van der Waals surface area contributed by atoms with Crippen molar-refractivity contribution in [2.45, 2.75) is 25.1 Å². The molecule has 2 atom stereocenters. The fraction of sp³-hybridized carbons (Fsp3) is 0.278. The monoisotopic (exact) mass is 333 g/mol. The second-order valence-corrected chi connectivity index (χ2v) is 6.91. The van der Waals surface area contributed by atoms with E-state index in [1.807, 2.05) is 49.4 Å². The van der Waals surface area contributed by atoms with Gasteiger partial charge in [-0.15, -0.1) is 11.8 Å². The lowest BCUT2D eigenvalue weighted by atomic mass is 10.1. The molecule has 0 saturated heterocycles. The first-order valence-corrected chi connectivity index (χ1v) is 8.71. The van der Waals surface area contributed by atoms with Crippen molar-refractivity contribution in [2.75, 3.05) is 5.75 Å². The van der Waals surface area contributed by atoms with E-state index < -0.39 is 0 Å². The fourth-order valence-corrected chi connectivity index (χ4v) is 3.34. The van der Waals surface area contributed by atoms with Crippen molar-refractivity contribution < 1.29 is 4.79 Å². The van der Waals surface area contributed by atoms with Crippen LogP contribution in [0.25, 0.3) is 0 Å². The van der Waals surface area contributed by atoms with Crippen molar-refractivity contribution in [3.05, 3.63) is 70.7 Å². The summed E-state index contributed by atoms with van der Waals surface area (Å²) in [5.41, 5.74) is 2.18. The van der Waals surface area contributed by atoms with Crippen LogP contribution in [0.4, 0.5) is 0 Å². The Kier molecular flexibility index (Phi) is 6.34. The summed E-state index contributed by atoms with van der Waals surface area (Å²) in [6, 6.07) is 17.7. The van der Waals surface area contributed by atoms with E-state index in [4.69, 9.17) is 11.6 Å². The normalized spacial score (nSPS) is 13.4. The van der Waals surface area contributed by atoms with Crippen LogP contribution in [-0.4, -0.2) is 11.7 Å². The van der Waals surface area contributed by atoms with Crippen molar-refractivity contribution in [1.29, 1.82) is 0 Å². The molecule has 0 heterocycles. The van der Waals surface area contributed by atoms with Gasteiger partial charge in [-0.05, 0) is 31.0 Å². The highest BCUT2D eigenvalue weighted by atomic mass is 35.5. The van der Waals surface area contributed by atoms with Crippen molar-refractivity contribution in [3.8, 4) is 0 Å². The van der Waals surface area contributed by atoms with E-state index >= 15 is 0 Å². The van der Waals surface area contributed by atoms with Crippen molar-refractivity contribution in [1.82, 2.24) is 5.32 Å². The summed E-state index contributed by atoms with van der Waals surface area (Å²) in [5.74, 6) is 0.463. The van der Waals surface area contributed by atoms with E-state index in [9.17, 15) is 4.79 Å². The van der Waals surface area contributed by atoms with Gasteiger partial charge in [0.05, 0.1) is 11.8 Å². The maximum atomic E-state index is 12.1. The molecule has 0 unspecified atom stereocenters. The number of hydrogen-bond acceptors (Lipinski definition) is 2. The average Bonchev–Trinajstić information content (AvgIpc) is 2.53. The minimum Gasteiger partial charge on any atom is -0.349 e. The zero-order valence-electron chi connectivity index (χ0n) is 12.8. The molecule has 0 bridgehead atoms. The molecule has 2 rings (SSSR count). The van der Waals surface area contributed by atoms with E-state index in [0.717, 1.165) is 5.56 Å². The highest BCUT2D eigenvalue weighted by Crippen LogP contribution is 2.28. The van der Waals surface area contributed by atoms with Crippen molar-refractivity contribution >= 4 is 29.3 Å². The van der Waals surface area contributed by atoms with Gasteiger partial charge in [0, 0.05) is 10.3 Å². The molecule has 0 aromatic heterocycles. The van der Waals surface area contributed by atoms with E-state index in [2.05, 4.69) is 24.4 Å². The fourth-order valence-electron chi connectivity index (χ4n) is 2.21. The van der Waals surface area contributed by atoms with Gasteiger partial charge in [0.2, 0.25) is 5.91 Å². The molecule has 0 fully saturated rings. The lowest BCUT2D eigenvalue weighted by Gasteiger charge is -2.17. The zero-order chi connectivity index (χ0) is 15.9. The van der Waals surface area contributed by atoms with E-state index in [0.29, 0.717) is 16.0 Å². The molecule has 0 saturated carbocycles. The van der Waals surface area contributed by atoms with Crippen molar-refractivity contribution in [3.63, 3.8) is 0 Å². The third-order valence-corrected chi connectivity index (χ3v) is 5.03. The van der Waals surface area contributed by atoms with E-state index in [1.54, 1.807) is 11.8 Å². The number of hydrogen-bond donors (Lipinski definition) is 1. The second kappa shape index (κ2) is 8.25. The Morgan fingerprint density at radius 3 is 2.41 bits per heavy atom. The molecule has 2 aromatic carbocycles. The van der Waals surface area contributed by atoms with Gasteiger partial charge in [-0.1, -0.05) is 60.1 Å². The van der Waals surface area contributed by atoms with Crippen LogP contribution in [0.1, 0.15) is 36.3 Å². The molecule has 4 heteroatoms. The molecule has 116 valence electrons. The number of halogens is 1. The average molecular weight is 334 g/mol. The van der Waals surface area contributed by atoms with Gasteiger partial charge in [-0.25, -0.2) is 0 Å². The lowest BCUT2D eigenvalue weighted by Crippen LogP contribution is -2.28. The minimum absolute atomic E-state index is 0.0280. The first-order chi connectivity index (χ1) is 10.6. The van der Waals surface area contributed by atoms with Gasteiger partial charge in [0.25, 0.3) is 0 Å². The molecule has 2 nitrogen and oxygen atoms in total. The Balaban J connectivity index is 1.84. The lowest BCUT2D eigenvalue weighted by molar-refractivity contribution is -0.119. The van der Waals surface area contributed by atoms with Crippen LogP contribution >= 0.6 is 23.4 Å². The van der Waals surface area contributed by atoms with Crippen LogP contribution in [0.15, 0.2) is 54.6 Å². The summed E-state index contributed by atoms with van der Waals surface area (Å²) in [4.78, 5) is 12.1. The summed E-state index contributed by atoms with van der Waals surface area (Å²) in [5, 5.41) is 3.97. The first-order valence-electron chi connectivity index (χ1n) is 7.28. The van der Waals surface area contributed by atoms with E-state index in [-0.39, 0.29) is 11.9 Å². The molecule has 0 aliphatic carbocycles. The highest BCUT2D eigenvalue weighted by molar-refractivity contribution is 8.00. The zero-order valence-corrected chi connectivity index (χ0v) is 14.3. The maximum Gasteiger partial charge on any atom is 0.230 e. The minimum atomic E-state index is -0.0890. The molecule has 0 aliphatic rings. The van der Waals surface area contributed by atoms with Crippen LogP contribution < -0.4 is 5.32 Å². The van der Waals surface area contributed by atoms with Gasteiger partial charge in [0.15, 0.2) is 0 Å². The van der Waals surface area contributed by atoms with Crippen LogP contribution in [0.3, 0.4) is 0 Å². The summed E-state index contributed by atoms with van der Waals surface area (Å²) in [6.07, 6.45) is 0. The molecule has 1 amide bonds. The van der Waals surface area contributed by atoms with Crippen LogP contribution in [0.5, 0.6) is 0 Å². The van der Waals surface area contributed by atoms with Crippen LogP contribution in [0, 0.1) is 0 Å². The van der Waals surface area contributed by atoms with Gasteiger partial charge in [-0.3, -0.25) is 4.79 Å². The summed E-state index contributed by atoms with van der Waals surface area (Å²) < 4.78 is 0. The Morgan fingerprint density at radius 1 is 1.09 bits per heavy atom. The number of rotatable bonds is 6. The standard InChI is InChI=1S/C18H20ClNOS/c1-13(16-10-6-7-11-17(16)19)20-18(21)12-22-14(2)15-8-4-3-5-9-15/h3-11,13-14H,12H2,1-2H3,(H,20,21)/t13-,14+/m1/s1. The van der Waals surface area contributed by atoms with Gasteiger partial charge >= 0.3 is 0 Å². The molecule has 0 aliphatic heterocycles. The Bertz CT molecular complexity index is 617. The molecule has 0 radical (unpaired) electrons. The number of carbonyl (C=O) groups excluding carboxylic acids is 1. The molecular formula is C18H20ClNOS. The topological polar surface area (TPSA) is 29.1 Å². The number of carbonyl (C=O) groups is 1. The molecule has 2 aromatic rings. The molecule has 22 heavy (non-hydrogen) atoms. The predicted octanol–water partition coefficient (Wildman–Crippen LogP) is 5.01. The van der Waals surface area contributed by atoms with Gasteiger partial charge in [-0.2, -0.15) is 0 Å². The van der Waals surface area contributed by atoms with Gasteiger partial charge in [0.1, 0.15) is 0 Å². The molecule has 1 N–H and O–H groups in total. The number of benzene rings is 2. The number of amides is 1. The molecular weight excluding hydrogens is 314 g/mol. The Morgan fingerprint density at radius 2 is 1.73 bits per heavy atom. The highest BCUT2D eigenvalue weighted by Gasteiger charge is 2.14. The molecule has 0 spiro atoms. The third-order valence-electron chi connectivity index (χ3n) is 3.48. The summed E-state index contributed by atoms with van der Waals surface area (Å²) >= 11 is 7.79. The number of thioether (sulfide) groups is 1. The van der Waals surface area contributed by atoms with Crippen LogP contribution in [-0.2, 0) is 4.79 Å².